The quantitative estimate of drug-likeness (QED) is 0.840. The first-order valence-corrected chi connectivity index (χ1v) is 7.47. The molecule has 20 heavy (non-hydrogen) atoms. The number of ether oxygens (including phenoxy) is 2. The molecule has 0 fully saturated rings. The molecule has 112 valence electrons. The number of aliphatic hydroxyl groups excluding tert-OH is 1. The average molecular weight is 279 g/mol. The van der Waals surface area contributed by atoms with Crippen molar-refractivity contribution >= 4 is 0 Å². The van der Waals surface area contributed by atoms with Crippen LogP contribution in [0.25, 0.3) is 0 Å². The van der Waals surface area contributed by atoms with Gasteiger partial charge in [0.1, 0.15) is 0 Å². The lowest BCUT2D eigenvalue weighted by molar-refractivity contribution is 0.274. The van der Waals surface area contributed by atoms with Gasteiger partial charge in [0, 0.05) is 25.1 Å². The van der Waals surface area contributed by atoms with Crippen molar-refractivity contribution in [1.29, 1.82) is 0 Å². The van der Waals surface area contributed by atoms with Crippen LogP contribution >= 0.6 is 0 Å². The van der Waals surface area contributed by atoms with E-state index in [9.17, 15) is 0 Å². The Labute approximate surface area is 121 Å². The predicted octanol–water partition coefficient (Wildman–Crippen LogP) is 2.66. The van der Waals surface area contributed by atoms with Gasteiger partial charge in [-0.05, 0) is 44.4 Å². The van der Waals surface area contributed by atoms with Gasteiger partial charge in [-0.1, -0.05) is 6.07 Å². The topological polar surface area (TPSA) is 50.7 Å². The van der Waals surface area contributed by atoms with Gasteiger partial charge in [-0.15, -0.1) is 0 Å². The van der Waals surface area contributed by atoms with E-state index < -0.39 is 0 Å². The van der Waals surface area contributed by atoms with E-state index in [1.54, 1.807) is 0 Å². The highest BCUT2D eigenvalue weighted by atomic mass is 16.5. The van der Waals surface area contributed by atoms with Crippen LogP contribution < -0.4 is 14.8 Å². The molecule has 0 spiro atoms. The van der Waals surface area contributed by atoms with Crippen molar-refractivity contribution in [2.45, 2.75) is 45.2 Å². The van der Waals surface area contributed by atoms with Crippen LogP contribution in [0.4, 0.5) is 0 Å². The van der Waals surface area contributed by atoms with E-state index in [0.29, 0.717) is 12.6 Å². The molecule has 1 aromatic carbocycles. The highest BCUT2D eigenvalue weighted by molar-refractivity contribution is 5.44. The van der Waals surface area contributed by atoms with Crippen LogP contribution in [0.3, 0.4) is 0 Å². The average Bonchev–Trinajstić information content (AvgIpc) is 2.69. The van der Waals surface area contributed by atoms with E-state index >= 15 is 0 Å². The Hall–Kier alpha value is -1.26. The van der Waals surface area contributed by atoms with Gasteiger partial charge < -0.3 is 19.9 Å². The molecular formula is C16H25NO3. The van der Waals surface area contributed by atoms with Crippen LogP contribution in [0, 0.1) is 0 Å². The van der Waals surface area contributed by atoms with Crippen molar-refractivity contribution in [1.82, 2.24) is 5.32 Å². The Morgan fingerprint density at radius 1 is 1.20 bits per heavy atom. The van der Waals surface area contributed by atoms with Crippen molar-refractivity contribution in [2.75, 3.05) is 19.8 Å². The molecule has 0 amide bonds. The summed E-state index contributed by atoms with van der Waals surface area (Å²) >= 11 is 0. The predicted molar refractivity (Wildman–Crippen MR) is 79.4 cm³/mol. The van der Waals surface area contributed by atoms with E-state index in [1.165, 1.54) is 5.56 Å². The molecule has 2 atom stereocenters. The first kappa shape index (κ1) is 15.1. The van der Waals surface area contributed by atoms with Gasteiger partial charge in [0.15, 0.2) is 11.5 Å². The summed E-state index contributed by atoms with van der Waals surface area (Å²) < 4.78 is 11.4. The number of benzene rings is 1. The molecule has 0 aromatic heterocycles. The van der Waals surface area contributed by atoms with Crippen molar-refractivity contribution in [3.63, 3.8) is 0 Å². The maximum Gasteiger partial charge on any atom is 0.161 e. The molecule has 0 bridgehead atoms. The Bertz CT molecular complexity index is 422. The van der Waals surface area contributed by atoms with E-state index in [0.717, 1.165) is 37.4 Å². The third-order valence-corrected chi connectivity index (χ3v) is 3.60. The zero-order chi connectivity index (χ0) is 14.4. The van der Waals surface area contributed by atoms with Crippen molar-refractivity contribution in [3.8, 4) is 11.5 Å². The maximum atomic E-state index is 8.87. The molecule has 1 aliphatic rings. The molecule has 1 aliphatic heterocycles. The highest BCUT2D eigenvalue weighted by Gasteiger charge is 2.14. The molecule has 0 saturated heterocycles. The van der Waals surface area contributed by atoms with Gasteiger partial charge in [0.05, 0.1) is 13.2 Å². The van der Waals surface area contributed by atoms with Crippen molar-refractivity contribution in [3.05, 3.63) is 23.8 Å². The normalized spacial score (nSPS) is 17.4. The molecule has 2 N–H and O–H groups in total. The van der Waals surface area contributed by atoms with Crippen LogP contribution in [0.1, 0.15) is 44.7 Å². The summed E-state index contributed by atoms with van der Waals surface area (Å²) in [6.07, 6.45) is 2.74. The van der Waals surface area contributed by atoms with Crippen molar-refractivity contribution in [2.24, 2.45) is 0 Å². The minimum Gasteiger partial charge on any atom is -0.490 e. The maximum absolute atomic E-state index is 8.87. The summed E-state index contributed by atoms with van der Waals surface area (Å²) in [5.74, 6) is 1.68. The summed E-state index contributed by atoms with van der Waals surface area (Å²) in [5.41, 5.74) is 1.20. The van der Waals surface area contributed by atoms with Gasteiger partial charge in [-0.25, -0.2) is 0 Å². The van der Waals surface area contributed by atoms with Gasteiger partial charge >= 0.3 is 0 Å². The Balaban J connectivity index is 1.99. The lowest BCUT2D eigenvalue weighted by atomic mass is 10.1. The third-order valence-electron chi connectivity index (χ3n) is 3.60. The molecule has 1 heterocycles. The lowest BCUT2D eigenvalue weighted by Crippen LogP contribution is -2.29. The number of hydrogen-bond donors (Lipinski definition) is 2. The molecule has 4 heteroatoms. The van der Waals surface area contributed by atoms with Gasteiger partial charge in [0.25, 0.3) is 0 Å². The largest absolute Gasteiger partial charge is 0.490 e. The number of nitrogens with one attached hydrogen (secondary N) is 1. The summed E-state index contributed by atoms with van der Waals surface area (Å²) in [6, 6.07) is 6.78. The minimum absolute atomic E-state index is 0.251. The minimum atomic E-state index is 0.251. The number of aliphatic hydroxyl groups is 1. The number of fused-ring (bicyclic) bond motifs is 1. The fourth-order valence-electron chi connectivity index (χ4n) is 2.45. The second-order valence-corrected chi connectivity index (χ2v) is 5.41. The molecule has 0 radical (unpaired) electrons. The third kappa shape index (κ3) is 4.12. The highest BCUT2D eigenvalue weighted by Crippen LogP contribution is 2.32. The van der Waals surface area contributed by atoms with E-state index in [4.69, 9.17) is 14.6 Å². The first-order chi connectivity index (χ1) is 9.70. The standard InChI is InChI=1S/C16H25NO3/c1-12(5-3-8-18)17-13(2)14-6-7-15-16(11-14)20-10-4-9-19-15/h6-7,11-13,17-18H,3-5,8-10H2,1-2H3. The zero-order valence-corrected chi connectivity index (χ0v) is 12.4. The Morgan fingerprint density at radius 2 is 1.95 bits per heavy atom. The SMILES string of the molecule is CC(CCCO)NC(C)c1ccc2c(c1)OCCCO2. The molecule has 0 saturated carbocycles. The first-order valence-electron chi connectivity index (χ1n) is 7.47. The van der Waals surface area contributed by atoms with Crippen molar-refractivity contribution < 1.29 is 14.6 Å². The monoisotopic (exact) mass is 279 g/mol. The molecule has 4 nitrogen and oxygen atoms in total. The zero-order valence-electron chi connectivity index (χ0n) is 12.4. The summed E-state index contributed by atoms with van der Waals surface area (Å²) in [4.78, 5) is 0. The number of hydrogen-bond acceptors (Lipinski definition) is 4. The molecule has 2 unspecified atom stereocenters. The smallest absolute Gasteiger partial charge is 0.161 e. The van der Waals surface area contributed by atoms with Gasteiger partial charge in [0.2, 0.25) is 0 Å². The lowest BCUT2D eigenvalue weighted by Gasteiger charge is -2.21. The van der Waals surface area contributed by atoms with Crippen LogP contribution in [-0.2, 0) is 0 Å². The molecule has 2 rings (SSSR count). The van der Waals surface area contributed by atoms with Crippen LogP contribution in [0.2, 0.25) is 0 Å². The number of rotatable bonds is 6. The molecule has 0 aliphatic carbocycles. The Morgan fingerprint density at radius 3 is 2.70 bits per heavy atom. The fraction of sp³-hybridized carbons (Fsp3) is 0.625. The molecule has 1 aromatic rings. The van der Waals surface area contributed by atoms with Crippen LogP contribution in [0.5, 0.6) is 11.5 Å². The van der Waals surface area contributed by atoms with Gasteiger partial charge in [-0.3, -0.25) is 0 Å². The fourth-order valence-corrected chi connectivity index (χ4v) is 2.45. The molecular weight excluding hydrogens is 254 g/mol. The van der Waals surface area contributed by atoms with Crippen LogP contribution in [-0.4, -0.2) is 31.0 Å². The van der Waals surface area contributed by atoms with E-state index in [1.807, 2.05) is 6.07 Å². The second-order valence-electron chi connectivity index (χ2n) is 5.41. The summed E-state index contributed by atoms with van der Waals surface area (Å²) in [7, 11) is 0. The Kier molecular flexibility index (Phi) is 5.68. The van der Waals surface area contributed by atoms with Gasteiger partial charge in [-0.2, -0.15) is 0 Å². The summed E-state index contributed by atoms with van der Waals surface area (Å²) in [5, 5.41) is 12.4. The second kappa shape index (κ2) is 7.50. The van der Waals surface area contributed by atoms with Crippen LogP contribution in [0.15, 0.2) is 18.2 Å². The van der Waals surface area contributed by atoms with E-state index in [-0.39, 0.29) is 12.6 Å². The summed E-state index contributed by atoms with van der Waals surface area (Å²) in [6.45, 7) is 5.98. The van der Waals surface area contributed by atoms with E-state index in [2.05, 4.69) is 31.3 Å².